The van der Waals surface area contributed by atoms with Gasteiger partial charge in [-0.2, -0.15) is 0 Å². The molecule has 0 radical (unpaired) electrons. The topological polar surface area (TPSA) is 42.0 Å². The van der Waals surface area contributed by atoms with Crippen LogP contribution in [0, 0.1) is 13.8 Å². The molecule has 3 aromatic rings. The fourth-order valence-corrected chi connectivity index (χ4v) is 3.14. The summed E-state index contributed by atoms with van der Waals surface area (Å²) in [6.07, 6.45) is 2.03. The van der Waals surface area contributed by atoms with Crippen LogP contribution < -0.4 is 5.32 Å². The van der Waals surface area contributed by atoms with E-state index in [0.717, 1.165) is 27.8 Å². The summed E-state index contributed by atoms with van der Waals surface area (Å²) >= 11 is 1.68. The summed E-state index contributed by atoms with van der Waals surface area (Å²) in [5.41, 5.74) is 4.08. The average Bonchev–Trinajstić information content (AvgIpc) is 2.55. The number of fused-ring (bicyclic) bond motifs is 1. The van der Waals surface area contributed by atoms with Crippen LogP contribution in [0.15, 0.2) is 53.4 Å². The first kappa shape index (κ1) is 15.6. The van der Waals surface area contributed by atoms with Gasteiger partial charge in [-0.15, -0.1) is 11.8 Å². The first-order valence-corrected chi connectivity index (χ1v) is 8.64. The number of amides is 1. The molecule has 0 spiro atoms. The van der Waals surface area contributed by atoms with Gasteiger partial charge in [0, 0.05) is 16.0 Å². The summed E-state index contributed by atoms with van der Waals surface area (Å²) in [7, 11) is 0. The Hall–Kier alpha value is -2.33. The fraction of sp³-hybridized carbons (Fsp3) is 0.158. The summed E-state index contributed by atoms with van der Waals surface area (Å²) in [5.74, 6) is -0.116. The molecule has 0 aliphatic rings. The number of nitrogens with zero attached hydrogens (tertiary/aromatic N) is 1. The third-order valence-electron chi connectivity index (χ3n) is 3.91. The predicted octanol–water partition coefficient (Wildman–Crippen LogP) is 4.83. The van der Waals surface area contributed by atoms with E-state index in [1.807, 2.05) is 68.6 Å². The highest BCUT2D eigenvalue weighted by Gasteiger charge is 2.16. The van der Waals surface area contributed by atoms with Crippen molar-refractivity contribution < 1.29 is 4.79 Å². The molecule has 2 aromatic carbocycles. The van der Waals surface area contributed by atoms with Crippen molar-refractivity contribution in [3.8, 4) is 0 Å². The second kappa shape index (κ2) is 6.42. The molecule has 0 unspecified atom stereocenters. The Bertz CT molecular complexity index is 872. The number of rotatable bonds is 3. The number of benzene rings is 2. The summed E-state index contributed by atoms with van der Waals surface area (Å²) in [4.78, 5) is 18.4. The molecule has 1 N–H and O–H groups in total. The maximum Gasteiger partial charge on any atom is 0.257 e. The van der Waals surface area contributed by atoms with Gasteiger partial charge in [-0.1, -0.05) is 18.2 Å². The molecule has 0 saturated heterocycles. The highest BCUT2D eigenvalue weighted by molar-refractivity contribution is 7.98. The number of hydrogen-bond donors (Lipinski definition) is 1. The Labute approximate surface area is 140 Å². The van der Waals surface area contributed by atoms with Crippen LogP contribution in [-0.2, 0) is 0 Å². The van der Waals surface area contributed by atoms with Crippen molar-refractivity contribution in [2.45, 2.75) is 18.7 Å². The molecule has 23 heavy (non-hydrogen) atoms. The van der Waals surface area contributed by atoms with E-state index in [0.29, 0.717) is 5.56 Å². The predicted molar refractivity (Wildman–Crippen MR) is 97.4 cm³/mol. The van der Waals surface area contributed by atoms with Crippen LogP contribution >= 0.6 is 11.8 Å². The lowest BCUT2D eigenvalue weighted by molar-refractivity contribution is 0.102. The van der Waals surface area contributed by atoms with Crippen LogP contribution in [0.25, 0.3) is 10.9 Å². The lowest BCUT2D eigenvalue weighted by Gasteiger charge is -2.13. The van der Waals surface area contributed by atoms with Gasteiger partial charge in [0.2, 0.25) is 0 Å². The molecule has 0 fully saturated rings. The van der Waals surface area contributed by atoms with Gasteiger partial charge in [0.05, 0.1) is 16.8 Å². The van der Waals surface area contributed by atoms with Crippen LogP contribution in [-0.4, -0.2) is 17.1 Å². The maximum absolute atomic E-state index is 12.7. The number of carbonyl (C=O) groups excluding carboxylic acids is 1. The lowest BCUT2D eigenvalue weighted by atomic mass is 10.0. The smallest absolute Gasteiger partial charge is 0.257 e. The average molecular weight is 322 g/mol. The Morgan fingerprint density at radius 3 is 2.43 bits per heavy atom. The third kappa shape index (κ3) is 3.08. The van der Waals surface area contributed by atoms with Gasteiger partial charge in [0.15, 0.2) is 0 Å². The molecular weight excluding hydrogens is 304 g/mol. The normalized spacial score (nSPS) is 10.7. The molecule has 0 aliphatic heterocycles. The zero-order valence-corrected chi connectivity index (χ0v) is 14.2. The van der Waals surface area contributed by atoms with Gasteiger partial charge in [-0.05, 0) is 56.0 Å². The number of carbonyl (C=O) groups is 1. The number of nitrogens with one attached hydrogen (secondary N) is 1. The van der Waals surface area contributed by atoms with E-state index < -0.39 is 0 Å². The van der Waals surface area contributed by atoms with Crippen LogP contribution in [0.4, 0.5) is 5.69 Å². The van der Waals surface area contributed by atoms with Crippen LogP contribution in [0.3, 0.4) is 0 Å². The molecular formula is C19H18N2OS. The number of thioether (sulfide) groups is 1. The Morgan fingerprint density at radius 2 is 1.74 bits per heavy atom. The second-order valence-corrected chi connectivity index (χ2v) is 6.28. The summed E-state index contributed by atoms with van der Waals surface area (Å²) < 4.78 is 0. The van der Waals surface area contributed by atoms with E-state index in [2.05, 4.69) is 10.3 Å². The minimum atomic E-state index is -0.116. The minimum absolute atomic E-state index is 0.116. The first-order chi connectivity index (χ1) is 11.1. The molecule has 3 rings (SSSR count). The van der Waals surface area contributed by atoms with Crippen LogP contribution in [0.2, 0.25) is 0 Å². The fourth-order valence-electron chi connectivity index (χ4n) is 2.73. The Morgan fingerprint density at radius 1 is 1.04 bits per heavy atom. The molecule has 0 aliphatic carbocycles. The van der Waals surface area contributed by atoms with E-state index in [4.69, 9.17) is 0 Å². The van der Waals surface area contributed by atoms with E-state index in [1.165, 1.54) is 4.90 Å². The molecule has 116 valence electrons. The second-order valence-electron chi connectivity index (χ2n) is 5.40. The third-order valence-corrected chi connectivity index (χ3v) is 4.65. The van der Waals surface area contributed by atoms with E-state index in [9.17, 15) is 4.79 Å². The van der Waals surface area contributed by atoms with Crippen molar-refractivity contribution >= 4 is 34.3 Å². The zero-order valence-electron chi connectivity index (χ0n) is 13.4. The molecule has 3 nitrogen and oxygen atoms in total. The molecule has 0 bridgehead atoms. The standard InChI is InChI=1S/C19H18N2OS/c1-12-16-6-4-5-7-17(16)20-13(2)18(12)19(22)21-14-8-10-15(23-3)11-9-14/h4-11H,1-3H3,(H,21,22). The number of aromatic nitrogens is 1. The molecule has 0 saturated carbocycles. The lowest BCUT2D eigenvalue weighted by Crippen LogP contribution is -2.16. The Kier molecular flexibility index (Phi) is 4.35. The van der Waals surface area contributed by atoms with Gasteiger partial charge < -0.3 is 5.32 Å². The molecule has 4 heteroatoms. The van der Waals surface area contributed by atoms with Crippen molar-refractivity contribution in [3.05, 3.63) is 65.4 Å². The number of anilines is 1. The number of pyridine rings is 1. The molecule has 1 aromatic heterocycles. The SMILES string of the molecule is CSc1ccc(NC(=O)c2c(C)nc3ccccc3c2C)cc1. The number of aryl methyl sites for hydroxylation is 2. The molecule has 1 amide bonds. The van der Waals surface area contributed by atoms with Crippen molar-refractivity contribution in [3.63, 3.8) is 0 Å². The summed E-state index contributed by atoms with van der Waals surface area (Å²) in [5, 5.41) is 3.98. The first-order valence-electron chi connectivity index (χ1n) is 7.41. The number of hydrogen-bond acceptors (Lipinski definition) is 3. The highest BCUT2D eigenvalue weighted by Crippen LogP contribution is 2.24. The maximum atomic E-state index is 12.7. The van der Waals surface area contributed by atoms with Crippen molar-refractivity contribution in [1.82, 2.24) is 4.98 Å². The summed E-state index contributed by atoms with van der Waals surface area (Å²) in [6.45, 7) is 3.86. The van der Waals surface area contributed by atoms with E-state index in [-0.39, 0.29) is 5.91 Å². The van der Waals surface area contributed by atoms with Gasteiger partial charge in [0.1, 0.15) is 0 Å². The molecule has 0 atom stereocenters. The number of para-hydroxylation sites is 1. The van der Waals surface area contributed by atoms with E-state index in [1.54, 1.807) is 11.8 Å². The van der Waals surface area contributed by atoms with Crippen molar-refractivity contribution in [2.24, 2.45) is 0 Å². The van der Waals surface area contributed by atoms with Gasteiger partial charge in [-0.25, -0.2) is 0 Å². The van der Waals surface area contributed by atoms with Crippen molar-refractivity contribution in [2.75, 3.05) is 11.6 Å². The van der Waals surface area contributed by atoms with Crippen LogP contribution in [0.5, 0.6) is 0 Å². The van der Waals surface area contributed by atoms with Gasteiger partial charge in [-0.3, -0.25) is 9.78 Å². The van der Waals surface area contributed by atoms with Gasteiger partial charge >= 0.3 is 0 Å². The zero-order chi connectivity index (χ0) is 16.4. The largest absolute Gasteiger partial charge is 0.322 e. The monoisotopic (exact) mass is 322 g/mol. The van der Waals surface area contributed by atoms with E-state index >= 15 is 0 Å². The molecule has 1 heterocycles. The quantitative estimate of drug-likeness (QED) is 0.703. The van der Waals surface area contributed by atoms with Gasteiger partial charge in [0.25, 0.3) is 5.91 Å². The summed E-state index contributed by atoms with van der Waals surface area (Å²) in [6, 6.07) is 15.7. The minimum Gasteiger partial charge on any atom is -0.322 e. The van der Waals surface area contributed by atoms with Crippen molar-refractivity contribution in [1.29, 1.82) is 0 Å². The Balaban J connectivity index is 1.96. The van der Waals surface area contributed by atoms with Crippen LogP contribution in [0.1, 0.15) is 21.6 Å². The highest BCUT2D eigenvalue weighted by atomic mass is 32.2.